The number of hydrogen-bond acceptors (Lipinski definition) is 5. The van der Waals surface area contributed by atoms with E-state index in [1.54, 1.807) is 30.3 Å². The minimum Gasteiger partial charge on any atom is -0.464 e. The molecule has 0 amide bonds. The summed E-state index contributed by atoms with van der Waals surface area (Å²) in [4.78, 5) is 12.2. The van der Waals surface area contributed by atoms with E-state index in [2.05, 4.69) is 0 Å². The van der Waals surface area contributed by atoms with Crippen LogP contribution in [0, 0.1) is 0 Å². The molecule has 8 heteroatoms. The van der Waals surface area contributed by atoms with Crippen molar-refractivity contribution in [1.82, 2.24) is 0 Å². The van der Waals surface area contributed by atoms with E-state index in [4.69, 9.17) is 18.9 Å². The molecule has 5 nitrogen and oxygen atoms in total. The Hall–Kier alpha value is -1.64. The van der Waals surface area contributed by atoms with Gasteiger partial charge >= 0.3 is 12.1 Å². The lowest BCUT2D eigenvalue weighted by molar-refractivity contribution is -0.283. The normalized spacial score (nSPS) is 17.8. The Kier molecular flexibility index (Phi) is 7.43. The van der Waals surface area contributed by atoms with Gasteiger partial charge in [0.2, 0.25) is 0 Å². The maximum atomic E-state index is 13.9. The number of halogens is 3. The molecule has 1 aromatic rings. The van der Waals surface area contributed by atoms with Crippen LogP contribution in [0.2, 0.25) is 0 Å². The Morgan fingerprint density at radius 1 is 1.19 bits per heavy atom. The maximum Gasteiger partial charge on any atom is 0.428 e. The average molecular weight is 376 g/mol. The molecule has 0 radical (unpaired) electrons. The van der Waals surface area contributed by atoms with Crippen molar-refractivity contribution in [3.05, 3.63) is 35.9 Å². The lowest BCUT2D eigenvalue weighted by Crippen LogP contribution is -2.55. The van der Waals surface area contributed by atoms with Gasteiger partial charge in [-0.05, 0) is 31.7 Å². The van der Waals surface area contributed by atoms with E-state index in [-0.39, 0.29) is 26.1 Å². The number of rotatable bonds is 9. The molecule has 0 aliphatic carbocycles. The molecule has 1 aliphatic rings. The highest BCUT2D eigenvalue weighted by atomic mass is 19.4. The van der Waals surface area contributed by atoms with Crippen molar-refractivity contribution < 1.29 is 36.9 Å². The first-order chi connectivity index (χ1) is 12.4. The third kappa shape index (κ3) is 5.18. The van der Waals surface area contributed by atoms with Gasteiger partial charge in [-0.2, -0.15) is 13.2 Å². The maximum absolute atomic E-state index is 13.9. The van der Waals surface area contributed by atoms with Crippen LogP contribution < -0.4 is 0 Å². The fraction of sp³-hybridized carbons (Fsp3) is 0.611. The van der Waals surface area contributed by atoms with E-state index in [0.29, 0.717) is 18.8 Å². The van der Waals surface area contributed by atoms with E-state index in [0.717, 1.165) is 0 Å². The van der Waals surface area contributed by atoms with Crippen LogP contribution in [-0.2, 0) is 30.3 Å². The van der Waals surface area contributed by atoms with Crippen molar-refractivity contribution in [2.75, 3.05) is 19.8 Å². The standard InChI is InChI=1S/C18H23F3O5/c1-2-23-16(22)17(18(19,20)21,10-6-9-15-24-11-12-25-15)26-13-14-7-4-3-5-8-14/h3-5,7-8,15H,2,6,9-13H2,1H3. The number of benzene rings is 1. The van der Waals surface area contributed by atoms with Crippen LogP contribution in [0.4, 0.5) is 13.2 Å². The second-order valence-corrected chi connectivity index (χ2v) is 5.88. The second-order valence-electron chi connectivity index (χ2n) is 5.88. The Labute approximate surface area is 150 Å². The summed E-state index contributed by atoms with van der Waals surface area (Å²) in [5.74, 6) is -1.42. The molecule has 1 aliphatic heterocycles. The average Bonchev–Trinajstić information content (AvgIpc) is 3.11. The molecular formula is C18H23F3O5. The predicted octanol–water partition coefficient (Wildman–Crippen LogP) is 3.61. The first-order valence-electron chi connectivity index (χ1n) is 8.54. The zero-order chi connectivity index (χ0) is 19.0. The quantitative estimate of drug-likeness (QED) is 0.617. The van der Waals surface area contributed by atoms with Gasteiger partial charge in [0.1, 0.15) is 0 Å². The number of carbonyl (C=O) groups is 1. The first-order valence-corrected chi connectivity index (χ1v) is 8.54. The summed E-state index contributed by atoms with van der Waals surface area (Å²) >= 11 is 0. The lowest BCUT2D eigenvalue weighted by atomic mass is 9.95. The third-order valence-electron chi connectivity index (χ3n) is 4.05. The van der Waals surface area contributed by atoms with Crippen LogP contribution in [0.25, 0.3) is 0 Å². The van der Waals surface area contributed by atoms with Gasteiger partial charge in [-0.25, -0.2) is 4.79 Å². The molecule has 146 valence electrons. The van der Waals surface area contributed by atoms with E-state index >= 15 is 0 Å². The monoisotopic (exact) mass is 376 g/mol. The zero-order valence-corrected chi connectivity index (χ0v) is 14.6. The number of esters is 1. The van der Waals surface area contributed by atoms with Crippen LogP contribution in [0.5, 0.6) is 0 Å². The Morgan fingerprint density at radius 3 is 2.42 bits per heavy atom. The van der Waals surface area contributed by atoms with Crippen molar-refractivity contribution in [2.45, 2.75) is 50.9 Å². The first kappa shape index (κ1) is 20.7. The molecule has 1 saturated heterocycles. The molecule has 1 unspecified atom stereocenters. The fourth-order valence-electron chi connectivity index (χ4n) is 2.69. The zero-order valence-electron chi connectivity index (χ0n) is 14.6. The largest absolute Gasteiger partial charge is 0.464 e. The summed E-state index contributed by atoms with van der Waals surface area (Å²) in [5.41, 5.74) is -2.48. The molecule has 1 atom stereocenters. The van der Waals surface area contributed by atoms with Gasteiger partial charge < -0.3 is 18.9 Å². The molecule has 0 aromatic heterocycles. The number of carbonyl (C=O) groups excluding carboxylic acids is 1. The number of alkyl halides is 3. The minimum atomic E-state index is -4.91. The highest BCUT2D eigenvalue weighted by molar-refractivity contribution is 5.80. The van der Waals surface area contributed by atoms with Crippen molar-refractivity contribution in [3.8, 4) is 0 Å². The Balaban J connectivity index is 2.13. The molecule has 0 spiro atoms. The highest BCUT2D eigenvalue weighted by Crippen LogP contribution is 2.40. The van der Waals surface area contributed by atoms with Crippen molar-refractivity contribution >= 4 is 5.97 Å². The molecule has 0 saturated carbocycles. The van der Waals surface area contributed by atoms with Crippen LogP contribution in [-0.4, -0.2) is 43.9 Å². The fourth-order valence-corrected chi connectivity index (χ4v) is 2.69. The van der Waals surface area contributed by atoms with Crippen molar-refractivity contribution in [3.63, 3.8) is 0 Å². The Morgan fingerprint density at radius 2 is 1.85 bits per heavy atom. The lowest BCUT2D eigenvalue weighted by Gasteiger charge is -2.33. The van der Waals surface area contributed by atoms with Gasteiger partial charge in [0.15, 0.2) is 6.29 Å². The van der Waals surface area contributed by atoms with E-state index in [9.17, 15) is 18.0 Å². The molecule has 0 bridgehead atoms. The molecule has 1 aromatic carbocycles. The van der Waals surface area contributed by atoms with Gasteiger partial charge in [-0.15, -0.1) is 0 Å². The summed E-state index contributed by atoms with van der Waals surface area (Å²) < 4.78 is 61.9. The molecule has 1 heterocycles. The molecular weight excluding hydrogens is 353 g/mol. The summed E-state index contributed by atoms with van der Waals surface area (Å²) in [6.45, 7) is 1.77. The minimum absolute atomic E-state index is 0.0395. The van der Waals surface area contributed by atoms with Gasteiger partial charge in [0, 0.05) is 0 Å². The smallest absolute Gasteiger partial charge is 0.428 e. The molecule has 26 heavy (non-hydrogen) atoms. The summed E-state index contributed by atoms with van der Waals surface area (Å²) in [7, 11) is 0. The van der Waals surface area contributed by atoms with Crippen LogP contribution in [0.15, 0.2) is 30.3 Å². The van der Waals surface area contributed by atoms with Crippen molar-refractivity contribution in [1.29, 1.82) is 0 Å². The van der Waals surface area contributed by atoms with Gasteiger partial charge in [-0.1, -0.05) is 30.3 Å². The third-order valence-corrected chi connectivity index (χ3v) is 4.05. The second kappa shape index (κ2) is 9.34. The SMILES string of the molecule is CCOC(=O)C(CCCC1OCCO1)(OCc1ccccc1)C(F)(F)F. The van der Waals surface area contributed by atoms with E-state index in [1.165, 1.54) is 6.92 Å². The van der Waals surface area contributed by atoms with Crippen LogP contribution in [0.3, 0.4) is 0 Å². The molecule has 2 rings (SSSR count). The topological polar surface area (TPSA) is 54.0 Å². The molecule has 1 fully saturated rings. The predicted molar refractivity (Wildman–Crippen MR) is 86.2 cm³/mol. The van der Waals surface area contributed by atoms with E-state index < -0.39 is 30.5 Å². The molecule has 0 N–H and O–H groups in total. The summed E-state index contributed by atoms with van der Waals surface area (Å²) in [6.07, 6.45) is -5.74. The van der Waals surface area contributed by atoms with Crippen LogP contribution in [0.1, 0.15) is 31.7 Å². The van der Waals surface area contributed by atoms with E-state index in [1.807, 2.05) is 0 Å². The van der Waals surface area contributed by atoms with Gasteiger partial charge in [-0.3, -0.25) is 0 Å². The number of ether oxygens (including phenoxy) is 4. The summed E-state index contributed by atoms with van der Waals surface area (Å²) in [6, 6.07) is 8.38. The highest BCUT2D eigenvalue weighted by Gasteiger charge is 2.62. The van der Waals surface area contributed by atoms with Crippen LogP contribution >= 0.6 is 0 Å². The number of hydrogen-bond donors (Lipinski definition) is 0. The summed E-state index contributed by atoms with van der Waals surface area (Å²) in [5, 5.41) is 0. The Bertz CT molecular complexity index is 558. The van der Waals surface area contributed by atoms with Gasteiger partial charge in [0.25, 0.3) is 5.60 Å². The van der Waals surface area contributed by atoms with Crippen molar-refractivity contribution in [2.24, 2.45) is 0 Å². The van der Waals surface area contributed by atoms with Gasteiger partial charge in [0.05, 0.1) is 26.4 Å².